The van der Waals surface area contributed by atoms with Crippen molar-refractivity contribution in [2.24, 2.45) is 0 Å². The first kappa shape index (κ1) is 15.4. The molecule has 0 amide bonds. The molecular weight excluding hydrogens is 204 g/mol. The number of rotatable bonds is 8. The molecule has 0 rings (SSSR count). The molecule has 0 spiro atoms. The summed E-state index contributed by atoms with van der Waals surface area (Å²) in [6.45, 7) is 7.09. The molecule has 4 nitrogen and oxygen atoms in total. The Kier molecular flexibility index (Phi) is 6.60. The van der Waals surface area contributed by atoms with Crippen molar-refractivity contribution >= 4 is 5.97 Å². The third-order valence-corrected chi connectivity index (χ3v) is 3.34. The Morgan fingerprint density at radius 2 is 2.00 bits per heavy atom. The van der Waals surface area contributed by atoms with E-state index >= 15 is 0 Å². The van der Waals surface area contributed by atoms with Crippen LogP contribution in [0.2, 0.25) is 0 Å². The van der Waals surface area contributed by atoms with Crippen LogP contribution in [-0.2, 0) is 4.79 Å². The maximum absolute atomic E-state index is 11.0. The molecule has 2 N–H and O–H groups in total. The number of unbranched alkanes of at least 4 members (excludes halogenated alkanes) is 1. The molecule has 0 heterocycles. The zero-order valence-electron chi connectivity index (χ0n) is 11.2. The number of hydrogen-bond acceptors (Lipinski definition) is 3. The fourth-order valence-corrected chi connectivity index (χ4v) is 1.44. The Balaban J connectivity index is 3.85. The highest BCUT2D eigenvalue weighted by Crippen LogP contribution is 2.14. The summed E-state index contributed by atoms with van der Waals surface area (Å²) in [7, 11) is 3.80. The second-order valence-corrected chi connectivity index (χ2v) is 4.92. The monoisotopic (exact) mass is 230 g/mol. The molecule has 0 aliphatic carbocycles. The van der Waals surface area contributed by atoms with E-state index in [1.165, 1.54) is 0 Å². The van der Waals surface area contributed by atoms with E-state index in [-0.39, 0.29) is 0 Å². The maximum atomic E-state index is 11.0. The van der Waals surface area contributed by atoms with Gasteiger partial charge in [0.1, 0.15) is 5.54 Å². The van der Waals surface area contributed by atoms with Crippen molar-refractivity contribution < 1.29 is 9.90 Å². The second-order valence-electron chi connectivity index (χ2n) is 4.92. The van der Waals surface area contributed by atoms with E-state index in [2.05, 4.69) is 31.1 Å². The van der Waals surface area contributed by atoms with E-state index in [1.54, 1.807) is 14.0 Å². The second kappa shape index (κ2) is 6.86. The van der Waals surface area contributed by atoms with Gasteiger partial charge in [-0.05, 0) is 60.7 Å². The summed E-state index contributed by atoms with van der Waals surface area (Å²) >= 11 is 0. The van der Waals surface area contributed by atoms with Crippen LogP contribution in [0.5, 0.6) is 0 Å². The molecule has 0 fully saturated rings. The average molecular weight is 230 g/mol. The first-order chi connectivity index (χ1) is 7.33. The van der Waals surface area contributed by atoms with Gasteiger partial charge in [0.2, 0.25) is 0 Å². The van der Waals surface area contributed by atoms with Gasteiger partial charge in [-0.3, -0.25) is 4.79 Å². The van der Waals surface area contributed by atoms with Gasteiger partial charge in [-0.1, -0.05) is 0 Å². The smallest absolute Gasteiger partial charge is 0.323 e. The molecule has 16 heavy (non-hydrogen) atoms. The molecule has 0 bridgehead atoms. The third-order valence-electron chi connectivity index (χ3n) is 3.34. The van der Waals surface area contributed by atoms with Crippen LogP contribution in [-0.4, -0.2) is 48.2 Å². The van der Waals surface area contributed by atoms with E-state index in [0.29, 0.717) is 12.5 Å². The van der Waals surface area contributed by atoms with Crippen LogP contribution in [0.4, 0.5) is 0 Å². The predicted molar refractivity (Wildman–Crippen MR) is 66.7 cm³/mol. The molecule has 0 radical (unpaired) electrons. The van der Waals surface area contributed by atoms with E-state index in [0.717, 1.165) is 19.4 Å². The van der Waals surface area contributed by atoms with Crippen molar-refractivity contribution in [1.29, 1.82) is 0 Å². The maximum Gasteiger partial charge on any atom is 0.323 e. The third kappa shape index (κ3) is 4.94. The van der Waals surface area contributed by atoms with Gasteiger partial charge in [0.15, 0.2) is 0 Å². The molecule has 0 saturated heterocycles. The van der Waals surface area contributed by atoms with Gasteiger partial charge < -0.3 is 15.3 Å². The van der Waals surface area contributed by atoms with Crippen LogP contribution in [0, 0.1) is 0 Å². The Hall–Kier alpha value is -0.610. The highest BCUT2D eigenvalue weighted by atomic mass is 16.4. The summed E-state index contributed by atoms with van der Waals surface area (Å²) in [5.74, 6) is -0.771. The van der Waals surface area contributed by atoms with Gasteiger partial charge in [-0.15, -0.1) is 0 Å². The summed E-state index contributed by atoms with van der Waals surface area (Å²) < 4.78 is 0. The van der Waals surface area contributed by atoms with Crippen molar-refractivity contribution in [3.05, 3.63) is 0 Å². The van der Waals surface area contributed by atoms with E-state index in [4.69, 9.17) is 5.11 Å². The predicted octanol–water partition coefficient (Wildman–Crippen LogP) is 1.56. The lowest BCUT2D eigenvalue weighted by molar-refractivity contribution is -0.144. The molecule has 0 aliphatic heterocycles. The van der Waals surface area contributed by atoms with Crippen LogP contribution in [0.3, 0.4) is 0 Å². The number of nitrogens with one attached hydrogen (secondary N) is 1. The largest absolute Gasteiger partial charge is 0.480 e. The summed E-state index contributed by atoms with van der Waals surface area (Å²) in [6, 6.07) is 0.551. The standard InChI is InChI=1S/C12H26N2O2/c1-10(2)14(5)9-7-6-8-12(3,13-4)11(15)16/h10,13H,6-9H2,1-5H3,(H,15,16). The first-order valence-electron chi connectivity index (χ1n) is 5.96. The minimum absolute atomic E-state index is 0.551. The van der Waals surface area contributed by atoms with E-state index < -0.39 is 11.5 Å². The summed E-state index contributed by atoms with van der Waals surface area (Å²) in [6.07, 6.45) is 2.64. The normalized spacial score (nSPS) is 15.4. The molecule has 1 atom stereocenters. The number of likely N-dealkylation sites (N-methyl/N-ethyl adjacent to an activating group) is 1. The molecule has 0 aromatic rings. The van der Waals surface area contributed by atoms with Crippen molar-refractivity contribution in [3.8, 4) is 0 Å². The van der Waals surface area contributed by atoms with Crippen LogP contribution in [0.1, 0.15) is 40.0 Å². The van der Waals surface area contributed by atoms with Crippen molar-refractivity contribution in [2.75, 3.05) is 20.6 Å². The Labute approximate surface area is 99.0 Å². The minimum atomic E-state index is -0.781. The zero-order valence-corrected chi connectivity index (χ0v) is 11.2. The number of carboxylic acids is 1. The molecular formula is C12H26N2O2. The topological polar surface area (TPSA) is 52.6 Å². The number of carbonyl (C=O) groups is 1. The molecule has 96 valence electrons. The summed E-state index contributed by atoms with van der Waals surface area (Å²) in [5, 5.41) is 11.9. The molecule has 0 aromatic carbocycles. The number of aliphatic carboxylic acids is 1. The average Bonchev–Trinajstić information content (AvgIpc) is 2.23. The van der Waals surface area contributed by atoms with Crippen LogP contribution >= 0.6 is 0 Å². The SMILES string of the molecule is CNC(C)(CCCCN(C)C(C)C)C(=O)O. The Bertz CT molecular complexity index is 219. The molecule has 4 heteroatoms. The van der Waals surface area contributed by atoms with Crippen LogP contribution in [0.25, 0.3) is 0 Å². The van der Waals surface area contributed by atoms with Crippen molar-refractivity contribution in [1.82, 2.24) is 10.2 Å². The number of hydrogen-bond donors (Lipinski definition) is 2. The molecule has 0 aromatic heterocycles. The van der Waals surface area contributed by atoms with Crippen molar-refractivity contribution in [3.63, 3.8) is 0 Å². The quantitative estimate of drug-likeness (QED) is 0.621. The van der Waals surface area contributed by atoms with E-state index in [9.17, 15) is 4.79 Å². The van der Waals surface area contributed by atoms with Gasteiger partial charge in [-0.25, -0.2) is 0 Å². The highest BCUT2D eigenvalue weighted by molar-refractivity contribution is 5.78. The van der Waals surface area contributed by atoms with Gasteiger partial charge in [0, 0.05) is 6.04 Å². The number of carboxylic acid groups (broad SMARTS) is 1. The molecule has 1 unspecified atom stereocenters. The lowest BCUT2D eigenvalue weighted by Crippen LogP contribution is -2.47. The van der Waals surface area contributed by atoms with Gasteiger partial charge in [0.25, 0.3) is 0 Å². The highest BCUT2D eigenvalue weighted by Gasteiger charge is 2.30. The zero-order chi connectivity index (χ0) is 12.8. The van der Waals surface area contributed by atoms with Crippen LogP contribution < -0.4 is 5.32 Å². The van der Waals surface area contributed by atoms with Gasteiger partial charge in [-0.2, -0.15) is 0 Å². The Morgan fingerprint density at radius 1 is 1.44 bits per heavy atom. The first-order valence-corrected chi connectivity index (χ1v) is 5.96. The van der Waals surface area contributed by atoms with E-state index in [1.807, 2.05) is 0 Å². The van der Waals surface area contributed by atoms with Crippen LogP contribution in [0.15, 0.2) is 0 Å². The molecule has 0 aliphatic rings. The summed E-state index contributed by atoms with van der Waals surface area (Å²) in [5.41, 5.74) is -0.781. The minimum Gasteiger partial charge on any atom is -0.480 e. The molecule has 0 saturated carbocycles. The van der Waals surface area contributed by atoms with Gasteiger partial charge >= 0.3 is 5.97 Å². The van der Waals surface area contributed by atoms with Gasteiger partial charge in [0.05, 0.1) is 0 Å². The lowest BCUT2D eigenvalue weighted by Gasteiger charge is -2.25. The fourth-order valence-electron chi connectivity index (χ4n) is 1.44. The lowest BCUT2D eigenvalue weighted by atomic mass is 9.95. The Morgan fingerprint density at radius 3 is 2.38 bits per heavy atom. The summed E-state index contributed by atoms with van der Waals surface area (Å²) in [4.78, 5) is 13.3. The fraction of sp³-hybridized carbons (Fsp3) is 0.917. The van der Waals surface area contributed by atoms with Crippen molar-refractivity contribution in [2.45, 2.75) is 51.6 Å². The number of nitrogens with zero attached hydrogens (tertiary/aromatic N) is 1.